The number of hydrogen-bond acceptors (Lipinski definition) is 9. The van der Waals surface area contributed by atoms with E-state index in [1.807, 2.05) is 67.7 Å². The second-order valence-corrected chi connectivity index (χ2v) is 12.6. The fourth-order valence-electron chi connectivity index (χ4n) is 5.88. The van der Waals surface area contributed by atoms with E-state index < -0.39 is 18.0 Å². The van der Waals surface area contributed by atoms with Gasteiger partial charge < -0.3 is 23.5 Å². The number of ether oxygens (including phenoxy) is 4. The number of hydrogen-bond donors (Lipinski definition) is 0. The molecule has 0 radical (unpaired) electrons. The van der Waals surface area contributed by atoms with Gasteiger partial charge >= 0.3 is 11.9 Å². The normalized spacial score (nSPS) is 14.4. The molecule has 49 heavy (non-hydrogen) atoms. The molecule has 5 aromatic rings. The summed E-state index contributed by atoms with van der Waals surface area (Å²) in [4.78, 5) is 44.7. The molecular formula is C37H34ClN3O7S. The summed E-state index contributed by atoms with van der Waals surface area (Å²) in [6.07, 6.45) is 3.90. The molecule has 0 saturated carbocycles. The molecule has 12 heteroatoms. The molecule has 1 aliphatic rings. The van der Waals surface area contributed by atoms with E-state index in [1.165, 1.54) is 23.0 Å². The van der Waals surface area contributed by atoms with Gasteiger partial charge in [0.1, 0.15) is 0 Å². The van der Waals surface area contributed by atoms with E-state index in [0.29, 0.717) is 50.3 Å². The van der Waals surface area contributed by atoms with Crippen LogP contribution in [-0.4, -0.2) is 48.0 Å². The Morgan fingerprint density at radius 1 is 1.00 bits per heavy atom. The summed E-state index contributed by atoms with van der Waals surface area (Å²) in [5.41, 5.74) is 3.89. The van der Waals surface area contributed by atoms with Gasteiger partial charge in [-0.3, -0.25) is 9.36 Å². The molecule has 10 nitrogen and oxygen atoms in total. The van der Waals surface area contributed by atoms with Crippen LogP contribution in [0.4, 0.5) is 0 Å². The molecule has 2 aromatic heterocycles. The molecule has 0 bridgehead atoms. The lowest BCUT2D eigenvalue weighted by molar-refractivity contribution is -0.143. The second-order valence-electron chi connectivity index (χ2n) is 11.2. The maximum Gasteiger partial charge on any atom is 0.343 e. The fourth-order valence-corrected chi connectivity index (χ4v) is 7.13. The van der Waals surface area contributed by atoms with Gasteiger partial charge in [-0.15, -0.1) is 0 Å². The van der Waals surface area contributed by atoms with Gasteiger partial charge in [-0.1, -0.05) is 59.3 Å². The largest absolute Gasteiger partial charge is 0.490 e. The van der Waals surface area contributed by atoms with Gasteiger partial charge in [0.2, 0.25) is 0 Å². The zero-order valence-corrected chi connectivity index (χ0v) is 29.0. The highest BCUT2D eigenvalue weighted by molar-refractivity contribution is 7.07. The Labute approximate surface area is 291 Å². The van der Waals surface area contributed by atoms with Crippen molar-refractivity contribution in [3.8, 4) is 11.5 Å². The summed E-state index contributed by atoms with van der Waals surface area (Å²) in [6.45, 7) is 6.02. The topological polar surface area (TPSA) is 110 Å². The molecule has 0 saturated heterocycles. The van der Waals surface area contributed by atoms with Gasteiger partial charge in [0.05, 0.1) is 42.2 Å². The number of fused-ring (bicyclic) bond motifs is 2. The standard InChI is InChI=1S/C37H34ClN3O7S/c1-5-46-30-17-24(14-15-29(30)48-21-32(42)45-4)34-33(36(44)47-6-2)22(3)39-37-41(34)35(43)31(49-37)18-25-20-40(28-13-8-7-12-27(25)28)19-23-10-9-11-26(38)16-23/h7-18,20,34H,5-6,19,21H2,1-4H3/b31-18+/t34-/m1/s1. The number of carbonyl (C=O) groups excluding carboxylic acids is 2. The molecule has 0 N–H and O–H groups in total. The molecule has 6 rings (SSSR count). The molecular weight excluding hydrogens is 666 g/mol. The molecule has 0 unspecified atom stereocenters. The van der Waals surface area contributed by atoms with Gasteiger partial charge in [0.15, 0.2) is 22.9 Å². The highest BCUT2D eigenvalue weighted by atomic mass is 35.5. The minimum Gasteiger partial charge on any atom is -0.490 e. The van der Waals surface area contributed by atoms with E-state index in [0.717, 1.165) is 22.0 Å². The van der Waals surface area contributed by atoms with E-state index in [9.17, 15) is 14.4 Å². The summed E-state index contributed by atoms with van der Waals surface area (Å²) >= 11 is 7.51. The molecule has 0 spiro atoms. The smallest absolute Gasteiger partial charge is 0.343 e. The van der Waals surface area contributed by atoms with E-state index >= 15 is 0 Å². The Bertz CT molecular complexity index is 2280. The number of aromatic nitrogens is 2. The predicted molar refractivity (Wildman–Crippen MR) is 188 cm³/mol. The summed E-state index contributed by atoms with van der Waals surface area (Å²) in [5.74, 6) is -0.460. The van der Waals surface area contributed by atoms with Crippen molar-refractivity contribution < 1.29 is 28.5 Å². The molecule has 3 heterocycles. The Kier molecular flexibility index (Phi) is 10.0. The summed E-state index contributed by atoms with van der Waals surface area (Å²) < 4.78 is 25.8. The third-order valence-corrected chi connectivity index (χ3v) is 9.24. The molecule has 0 fully saturated rings. The monoisotopic (exact) mass is 699 g/mol. The first-order valence-corrected chi connectivity index (χ1v) is 16.9. The number of rotatable bonds is 11. The number of carbonyl (C=O) groups is 2. The number of esters is 2. The highest BCUT2D eigenvalue weighted by Gasteiger charge is 2.34. The maximum absolute atomic E-state index is 14.4. The number of allylic oxidation sites excluding steroid dienone is 1. The minimum absolute atomic E-state index is 0.149. The van der Waals surface area contributed by atoms with Crippen molar-refractivity contribution in [3.05, 3.63) is 126 Å². The van der Waals surface area contributed by atoms with Crippen LogP contribution >= 0.6 is 22.9 Å². The molecule has 252 valence electrons. The van der Waals surface area contributed by atoms with Crippen LogP contribution in [0, 0.1) is 0 Å². The summed E-state index contributed by atoms with van der Waals surface area (Å²) in [6, 6.07) is 20.0. The zero-order chi connectivity index (χ0) is 34.7. The van der Waals surface area contributed by atoms with Crippen LogP contribution < -0.4 is 24.4 Å². The van der Waals surface area contributed by atoms with Crippen LogP contribution in [0.1, 0.15) is 43.5 Å². The van der Waals surface area contributed by atoms with Gasteiger partial charge in [-0.25, -0.2) is 14.6 Å². The Hall–Kier alpha value is -5.13. The first kappa shape index (κ1) is 33.8. The van der Waals surface area contributed by atoms with Gasteiger partial charge in [-0.05, 0) is 68.3 Å². The number of methoxy groups -OCH3 is 1. The average molecular weight is 700 g/mol. The van der Waals surface area contributed by atoms with Crippen LogP contribution in [-0.2, 0) is 25.6 Å². The van der Waals surface area contributed by atoms with Crippen LogP contribution in [0.3, 0.4) is 0 Å². The van der Waals surface area contributed by atoms with Crippen LogP contribution in [0.5, 0.6) is 11.5 Å². The number of para-hydroxylation sites is 1. The number of thiazole rings is 1. The fraction of sp³-hybridized carbons (Fsp3) is 0.243. The first-order chi connectivity index (χ1) is 23.7. The van der Waals surface area contributed by atoms with Gasteiger partial charge in [-0.2, -0.15) is 0 Å². The lowest BCUT2D eigenvalue weighted by Gasteiger charge is -2.25. The Balaban J connectivity index is 1.49. The van der Waals surface area contributed by atoms with Gasteiger partial charge in [0, 0.05) is 34.2 Å². The van der Waals surface area contributed by atoms with Crippen molar-refractivity contribution in [1.29, 1.82) is 0 Å². The van der Waals surface area contributed by atoms with Crippen molar-refractivity contribution in [2.45, 2.75) is 33.4 Å². The van der Waals surface area contributed by atoms with E-state index in [4.69, 9.17) is 35.5 Å². The first-order valence-electron chi connectivity index (χ1n) is 15.7. The Morgan fingerprint density at radius 2 is 1.82 bits per heavy atom. The van der Waals surface area contributed by atoms with Crippen molar-refractivity contribution in [1.82, 2.24) is 9.13 Å². The lowest BCUT2D eigenvalue weighted by Crippen LogP contribution is -2.40. The van der Waals surface area contributed by atoms with Crippen molar-refractivity contribution in [3.63, 3.8) is 0 Å². The van der Waals surface area contributed by atoms with Crippen LogP contribution in [0.2, 0.25) is 5.02 Å². The zero-order valence-electron chi connectivity index (χ0n) is 27.4. The summed E-state index contributed by atoms with van der Waals surface area (Å²) in [5, 5.41) is 1.65. The molecule has 1 aliphatic heterocycles. The van der Waals surface area contributed by atoms with Crippen molar-refractivity contribution in [2.24, 2.45) is 4.99 Å². The van der Waals surface area contributed by atoms with Crippen LogP contribution in [0.15, 0.2) is 94.0 Å². The van der Waals surface area contributed by atoms with Crippen molar-refractivity contribution >= 4 is 51.9 Å². The minimum atomic E-state index is -0.865. The Morgan fingerprint density at radius 3 is 2.57 bits per heavy atom. The molecule has 3 aromatic carbocycles. The predicted octanol–water partition coefficient (Wildman–Crippen LogP) is 5.41. The van der Waals surface area contributed by atoms with Crippen molar-refractivity contribution in [2.75, 3.05) is 26.9 Å². The van der Waals surface area contributed by atoms with Gasteiger partial charge in [0.25, 0.3) is 5.56 Å². The third-order valence-electron chi connectivity index (χ3n) is 8.02. The third kappa shape index (κ3) is 6.90. The quantitative estimate of drug-likeness (QED) is 0.170. The number of nitrogens with zero attached hydrogens (tertiary/aromatic N) is 3. The summed E-state index contributed by atoms with van der Waals surface area (Å²) in [7, 11) is 1.28. The molecule has 1 atom stereocenters. The number of benzene rings is 3. The maximum atomic E-state index is 14.4. The molecule has 0 aliphatic carbocycles. The number of halogens is 1. The average Bonchev–Trinajstić information content (AvgIpc) is 3.59. The van der Waals surface area contributed by atoms with Crippen LogP contribution in [0.25, 0.3) is 17.0 Å². The molecule has 0 amide bonds. The lowest BCUT2D eigenvalue weighted by atomic mass is 9.95. The second kappa shape index (κ2) is 14.6. The highest BCUT2D eigenvalue weighted by Crippen LogP contribution is 2.36. The van der Waals surface area contributed by atoms with E-state index in [1.54, 1.807) is 32.0 Å². The van der Waals surface area contributed by atoms with E-state index in [-0.39, 0.29) is 24.3 Å². The SMILES string of the molecule is CCOC(=O)C1=C(C)N=c2s/c(=C/c3cn(Cc4cccc(Cl)c4)c4ccccc34)c(=O)n2[C@@H]1c1ccc(OCC(=O)OC)c(OCC)c1. The van der Waals surface area contributed by atoms with E-state index in [2.05, 4.69) is 4.57 Å².